The molecule has 3 nitrogen and oxygen atoms in total. The highest BCUT2D eigenvalue weighted by Gasteiger charge is 2.24. The van der Waals surface area contributed by atoms with Gasteiger partial charge in [0.25, 0.3) is 0 Å². The first-order chi connectivity index (χ1) is 6.77. The molecule has 0 spiro atoms. The van der Waals surface area contributed by atoms with Crippen molar-refractivity contribution in [1.82, 2.24) is 15.2 Å². The molecular formula is C12H21N3. The van der Waals surface area contributed by atoms with Crippen molar-refractivity contribution in [3.05, 3.63) is 17.7 Å². The molecule has 0 unspecified atom stereocenters. The van der Waals surface area contributed by atoms with E-state index in [2.05, 4.69) is 56.7 Å². The third kappa shape index (κ3) is 2.74. The van der Waals surface area contributed by atoms with Crippen LogP contribution in [-0.4, -0.2) is 15.2 Å². The Morgan fingerprint density at radius 2 is 1.73 bits per heavy atom. The molecule has 1 heterocycles. The fourth-order valence-corrected chi connectivity index (χ4v) is 1.11. The largest absolute Gasteiger partial charge is 0.233 e. The number of rotatable bonds is 2. The lowest BCUT2D eigenvalue weighted by Crippen LogP contribution is -2.24. The van der Waals surface area contributed by atoms with E-state index in [4.69, 9.17) is 0 Å². The lowest BCUT2D eigenvalue weighted by Gasteiger charge is -2.23. The Kier molecular flexibility index (Phi) is 3.12. The van der Waals surface area contributed by atoms with Gasteiger partial charge in [0.2, 0.25) is 0 Å². The van der Waals surface area contributed by atoms with Crippen LogP contribution in [0.2, 0.25) is 0 Å². The first-order valence-corrected chi connectivity index (χ1v) is 5.48. The van der Waals surface area contributed by atoms with E-state index in [9.17, 15) is 0 Å². The highest BCUT2D eigenvalue weighted by atomic mass is 15.2. The maximum absolute atomic E-state index is 4.61. The van der Waals surface area contributed by atoms with Crippen molar-refractivity contribution in [2.75, 3.05) is 0 Å². The van der Waals surface area contributed by atoms with Crippen LogP contribution in [0.25, 0.3) is 0 Å². The van der Waals surface area contributed by atoms with Gasteiger partial charge in [0.1, 0.15) is 0 Å². The Morgan fingerprint density at radius 1 is 1.13 bits per heavy atom. The summed E-state index contributed by atoms with van der Waals surface area (Å²) in [5.74, 6) is 0.845. The maximum Gasteiger partial charge on any atom is 0.156 e. The van der Waals surface area contributed by atoms with Gasteiger partial charge in [0, 0.05) is 10.8 Å². The fraction of sp³-hybridized carbons (Fsp3) is 0.750. The van der Waals surface area contributed by atoms with Crippen LogP contribution in [0.15, 0.2) is 6.20 Å². The molecule has 1 rings (SSSR count). The van der Waals surface area contributed by atoms with Crippen molar-refractivity contribution >= 4 is 0 Å². The van der Waals surface area contributed by atoms with Crippen LogP contribution < -0.4 is 0 Å². The van der Waals surface area contributed by atoms with Crippen LogP contribution in [0.3, 0.4) is 0 Å². The Hall–Kier alpha value is -0.990. The lowest BCUT2D eigenvalue weighted by molar-refractivity contribution is 0.450. The van der Waals surface area contributed by atoms with Gasteiger partial charge in [-0.05, 0) is 6.42 Å². The molecule has 0 atom stereocenters. The predicted molar refractivity (Wildman–Crippen MR) is 61.8 cm³/mol. The summed E-state index contributed by atoms with van der Waals surface area (Å²) in [5, 5.41) is 8.19. The van der Waals surface area contributed by atoms with Gasteiger partial charge < -0.3 is 0 Å². The van der Waals surface area contributed by atoms with Crippen LogP contribution in [0.4, 0.5) is 0 Å². The van der Waals surface area contributed by atoms with E-state index in [1.807, 2.05) is 0 Å². The summed E-state index contributed by atoms with van der Waals surface area (Å²) in [6.45, 7) is 12.9. The molecule has 84 valence electrons. The molecule has 1 aromatic rings. The Balaban J connectivity index is 3.14. The van der Waals surface area contributed by atoms with E-state index in [0.717, 1.165) is 17.9 Å². The van der Waals surface area contributed by atoms with Crippen molar-refractivity contribution in [2.24, 2.45) is 0 Å². The van der Waals surface area contributed by atoms with Crippen molar-refractivity contribution in [3.63, 3.8) is 0 Å². The highest BCUT2D eigenvalue weighted by Crippen LogP contribution is 2.25. The summed E-state index contributed by atoms with van der Waals surface area (Å²) in [6.07, 6.45) is 2.78. The molecule has 1 aromatic heterocycles. The van der Waals surface area contributed by atoms with Gasteiger partial charge in [-0.25, -0.2) is 4.98 Å². The monoisotopic (exact) mass is 207 g/mol. The maximum atomic E-state index is 4.61. The third-order valence-corrected chi connectivity index (χ3v) is 2.82. The molecule has 0 amide bonds. The van der Waals surface area contributed by atoms with Crippen molar-refractivity contribution < 1.29 is 0 Å². The molecule has 0 fully saturated rings. The fourth-order valence-electron chi connectivity index (χ4n) is 1.11. The van der Waals surface area contributed by atoms with Crippen molar-refractivity contribution in [2.45, 2.75) is 58.8 Å². The Bertz CT molecular complexity index is 337. The summed E-state index contributed by atoms with van der Waals surface area (Å²) < 4.78 is 0. The lowest BCUT2D eigenvalue weighted by atomic mass is 9.88. The van der Waals surface area contributed by atoms with Crippen LogP contribution >= 0.6 is 0 Å². The summed E-state index contributed by atoms with van der Waals surface area (Å²) in [7, 11) is 0. The van der Waals surface area contributed by atoms with E-state index < -0.39 is 0 Å². The van der Waals surface area contributed by atoms with Crippen LogP contribution in [0.5, 0.6) is 0 Å². The Labute approximate surface area is 92.3 Å². The molecule has 15 heavy (non-hydrogen) atoms. The average molecular weight is 207 g/mol. The van der Waals surface area contributed by atoms with E-state index in [1.165, 1.54) is 0 Å². The molecule has 0 saturated heterocycles. The molecule has 0 aromatic carbocycles. The highest BCUT2D eigenvalue weighted by molar-refractivity contribution is 5.12. The minimum Gasteiger partial charge on any atom is -0.233 e. The van der Waals surface area contributed by atoms with E-state index >= 15 is 0 Å². The molecule has 0 aliphatic carbocycles. The molecule has 0 saturated carbocycles. The molecule has 0 aliphatic heterocycles. The van der Waals surface area contributed by atoms with Gasteiger partial charge in [0.15, 0.2) is 5.82 Å². The van der Waals surface area contributed by atoms with Crippen molar-refractivity contribution in [3.8, 4) is 0 Å². The van der Waals surface area contributed by atoms with E-state index in [1.54, 1.807) is 6.20 Å². The first-order valence-electron chi connectivity index (χ1n) is 5.48. The van der Waals surface area contributed by atoms with Gasteiger partial charge >= 0.3 is 0 Å². The zero-order valence-corrected chi connectivity index (χ0v) is 10.6. The second-order valence-corrected chi connectivity index (χ2v) is 5.65. The normalized spacial score (nSPS) is 12.9. The number of hydrogen-bond acceptors (Lipinski definition) is 3. The number of hydrogen-bond donors (Lipinski definition) is 0. The number of aromatic nitrogens is 3. The van der Waals surface area contributed by atoms with Gasteiger partial charge in [-0.1, -0.05) is 41.5 Å². The van der Waals surface area contributed by atoms with Crippen LogP contribution in [0, 0.1) is 0 Å². The topological polar surface area (TPSA) is 38.7 Å². The zero-order valence-electron chi connectivity index (χ0n) is 10.6. The second kappa shape index (κ2) is 3.87. The van der Waals surface area contributed by atoms with E-state index in [0.29, 0.717) is 0 Å². The summed E-state index contributed by atoms with van der Waals surface area (Å²) in [5.41, 5.74) is 1.05. The minimum absolute atomic E-state index is 0.00819. The molecule has 0 N–H and O–H groups in total. The van der Waals surface area contributed by atoms with Gasteiger partial charge in [-0.2, -0.15) is 5.10 Å². The Morgan fingerprint density at radius 3 is 2.20 bits per heavy atom. The summed E-state index contributed by atoms with van der Waals surface area (Å²) in [4.78, 5) is 4.61. The van der Waals surface area contributed by atoms with Crippen molar-refractivity contribution in [1.29, 1.82) is 0 Å². The van der Waals surface area contributed by atoms with Gasteiger partial charge in [-0.15, -0.1) is 5.10 Å². The van der Waals surface area contributed by atoms with Gasteiger partial charge in [-0.3, -0.25) is 0 Å². The molecule has 0 bridgehead atoms. The summed E-state index contributed by atoms with van der Waals surface area (Å²) in [6, 6.07) is 0. The molecule has 3 heteroatoms. The third-order valence-electron chi connectivity index (χ3n) is 2.82. The predicted octanol–water partition coefficient (Wildman–Crippen LogP) is 2.86. The smallest absolute Gasteiger partial charge is 0.156 e. The van der Waals surface area contributed by atoms with Crippen LogP contribution in [0.1, 0.15) is 59.5 Å². The first kappa shape index (κ1) is 12.1. The molecule has 0 aliphatic rings. The average Bonchev–Trinajstić information content (AvgIpc) is 2.17. The van der Waals surface area contributed by atoms with Gasteiger partial charge in [0.05, 0.1) is 11.9 Å². The summed E-state index contributed by atoms with van der Waals surface area (Å²) >= 11 is 0. The standard InChI is InChI=1S/C12H21N3/c1-7-12(5,6)10-14-9(8-13-15-10)11(2,3)4/h8H,7H2,1-6H3. The van der Waals surface area contributed by atoms with Crippen LogP contribution in [-0.2, 0) is 10.8 Å². The quantitative estimate of drug-likeness (QED) is 0.748. The molecular weight excluding hydrogens is 186 g/mol. The number of nitrogens with zero attached hydrogens (tertiary/aromatic N) is 3. The van der Waals surface area contributed by atoms with E-state index in [-0.39, 0.29) is 10.8 Å². The SMILES string of the molecule is CCC(C)(C)c1nncc(C(C)(C)C)n1. The second-order valence-electron chi connectivity index (χ2n) is 5.65. The minimum atomic E-state index is 0.00819. The molecule has 0 radical (unpaired) electrons. The zero-order chi connectivity index (χ0) is 11.7.